The molecule has 2 aliphatic rings. The minimum atomic E-state index is -4.98. The summed E-state index contributed by atoms with van der Waals surface area (Å²) in [6.07, 6.45) is -11.8. The number of halogens is 4. The lowest BCUT2D eigenvalue weighted by Gasteiger charge is -2.30. The van der Waals surface area contributed by atoms with Gasteiger partial charge in [0.05, 0.1) is 56.0 Å². The topological polar surface area (TPSA) is 400 Å². The monoisotopic (exact) mass is 1280 g/mol. The predicted molar refractivity (Wildman–Crippen MR) is 279 cm³/mol. The van der Waals surface area contributed by atoms with Crippen molar-refractivity contribution in [2.45, 2.75) is 155 Å². The Bertz CT molecular complexity index is 2990. The van der Waals surface area contributed by atoms with Crippen molar-refractivity contribution in [3.05, 3.63) is 30.7 Å². The van der Waals surface area contributed by atoms with Crippen molar-refractivity contribution in [3.63, 3.8) is 0 Å². The molecule has 8 atom stereocenters. The van der Waals surface area contributed by atoms with Gasteiger partial charge in [0, 0.05) is 6.20 Å². The molecule has 2 aliphatic heterocycles. The number of aryl methyl sites for hydroxylation is 1. The number of hydrogen-bond acceptors (Lipinski definition) is 31. The molecule has 4 aromatic heterocycles. The number of nitrogens with two attached hydrogens (primary N) is 1. The normalized spacial score (nSPS) is 24.0. The summed E-state index contributed by atoms with van der Waals surface area (Å²) in [5.41, 5.74) is -1.44. The Hall–Kier alpha value is -6.37. The van der Waals surface area contributed by atoms with E-state index in [2.05, 4.69) is 43.9 Å². The van der Waals surface area contributed by atoms with Crippen molar-refractivity contribution in [2.24, 2.45) is 0 Å². The maximum Gasteiger partial charge on any atom is 0.510 e. The van der Waals surface area contributed by atoms with E-state index < -0.39 is 159 Å². The molecule has 0 amide bonds. The van der Waals surface area contributed by atoms with Crippen molar-refractivity contribution >= 4 is 68.3 Å². The highest BCUT2D eigenvalue weighted by Gasteiger charge is 2.66. The van der Waals surface area contributed by atoms with Crippen molar-refractivity contribution in [3.8, 4) is 5.88 Å². The van der Waals surface area contributed by atoms with Gasteiger partial charge < -0.3 is 68.1 Å². The van der Waals surface area contributed by atoms with Gasteiger partial charge in [0.2, 0.25) is 33.1 Å². The van der Waals surface area contributed by atoms with Crippen LogP contribution in [-0.4, -0.2) is 182 Å². The minimum Gasteiger partial charge on any atom is -0.476 e. The maximum atomic E-state index is 16.1. The number of anilines is 1. The average Bonchev–Trinajstić information content (AvgIpc) is 2.08. The largest absolute Gasteiger partial charge is 0.510 e. The van der Waals surface area contributed by atoms with E-state index in [9.17, 15) is 42.9 Å². The molecule has 0 saturated carbocycles. The fraction of sp³-hybridized carbons (Fsp3) is 0.681. The van der Waals surface area contributed by atoms with E-state index in [4.69, 9.17) is 66.0 Å². The van der Waals surface area contributed by atoms with Crippen LogP contribution in [0, 0.1) is 6.92 Å². The molecule has 0 radical (unpaired) electrons. The summed E-state index contributed by atoms with van der Waals surface area (Å²) in [6.45, 7) is 9.22. The summed E-state index contributed by atoms with van der Waals surface area (Å²) < 4.78 is 175. The Morgan fingerprint density at radius 3 is 1.50 bits per heavy atom. The van der Waals surface area contributed by atoms with Crippen LogP contribution in [0.1, 0.15) is 94.4 Å². The Morgan fingerprint density at radius 1 is 0.640 bits per heavy atom. The van der Waals surface area contributed by atoms with Crippen LogP contribution in [-0.2, 0) is 83.6 Å². The maximum absolute atomic E-state index is 16.1. The van der Waals surface area contributed by atoms with E-state index in [-0.39, 0.29) is 46.3 Å². The molecule has 39 heteroatoms. The highest BCUT2D eigenvalue weighted by atomic mass is 31.2. The van der Waals surface area contributed by atoms with Crippen LogP contribution in [0.3, 0.4) is 0 Å². The molecule has 0 unspecified atom stereocenters. The molecule has 6 rings (SSSR count). The summed E-state index contributed by atoms with van der Waals surface area (Å²) in [7, 11) is -9.87. The zero-order valence-corrected chi connectivity index (χ0v) is 50.3. The van der Waals surface area contributed by atoms with Gasteiger partial charge in [-0.1, -0.05) is 0 Å². The van der Waals surface area contributed by atoms with Crippen LogP contribution < -0.4 is 10.5 Å². The number of carbonyl (C=O) groups is 4. The average molecular weight is 1280 g/mol. The molecule has 0 bridgehead atoms. The Morgan fingerprint density at radius 2 is 1.06 bits per heavy atom. The SMILES string of the molecule is CC(C)OC(=O)OCOP(=O)(OCOC(=O)OC(C)C)OC[C@@]1(CF)O[C@@H](n2cnc3c(N)ccnc32)[C@](C)(F)[C@@H]1O.CCOc1nc(C)nc2c1ncn2[C@@H]1O[C@](F)(COP(=O)(OCOC(=O)OC(C)C)OCOC(=O)OC(C)C)[C@@H](O)[C@@]1(C)F. The number of hydrogen-bond donors (Lipinski definition) is 3. The number of phosphoric acid groups is 2. The van der Waals surface area contributed by atoms with E-state index in [1.165, 1.54) is 40.0 Å². The van der Waals surface area contributed by atoms with Gasteiger partial charge in [-0.05, 0) is 89.2 Å². The lowest BCUT2D eigenvalue weighted by Crippen LogP contribution is -2.51. The van der Waals surface area contributed by atoms with Gasteiger partial charge in [0.25, 0.3) is 5.85 Å². The van der Waals surface area contributed by atoms with Gasteiger partial charge in [0.1, 0.15) is 30.7 Å². The quantitative estimate of drug-likeness (QED) is 0.0170. The second-order valence-corrected chi connectivity index (χ2v) is 23.1. The number of aliphatic hydroxyl groups excluding tert-OH is 2. The molecule has 2 saturated heterocycles. The first-order chi connectivity index (χ1) is 40.1. The number of nitrogen functional groups attached to an aromatic ring is 1. The number of fused-ring (bicyclic) bond motifs is 2. The van der Waals surface area contributed by atoms with Crippen LogP contribution in [0.25, 0.3) is 22.3 Å². The third-order valence-corrected chi connectivity index (χ3v) is 13.9. The van der Waals surface area contributed by atoms with Crippen LogP contribution >= 0.6 is 15.6 Å². The smallest absolute Gasteiger partial charge is 0.476 e. The molecule has 6 heterocycles. The second kappa shape index (κ2) is 29.6. The molecular formula is C47H68F4N8O25P2. The number of imidazole rings is 2. The Labute approximate surface area is 487 Å². The van der Waals surface area contributed by atoms with Gasteiger partial charge in [-0.15, -0.1) is 0 Å². The van der Waals surface area contributed by atoms with E-state index in [0.29, 0.717) is 0 Å². The molecule has 0 aliphatic carbocycles. The Balaban J connectivity index is 0.000000314. The van der Waals surface area contributed by atoms with Crippen molar-refractivity contribution in [2.75, 3.05) is 59.4 Å². The van der Waals surface area contributed by atoms with E-state index in [0.717, 1.165) is 35.6 Å². The predicted octanol–water partition coefficient (Wildman–Crippen LogP) is 7.55. The lowest BCUT2D eigenvalue weighted by molar-refractivity contribution is -0.205. The fourth-order valence-corrected chi connectivity index (χ4v) is 9.45. The number of rotatable bonds is 27. The van der Waals surface area contributed by atoms with E-state index in [1.807, 2.05) is 0 Å². The number of nitrogens with zero attached hydrogens (tertiary/aromatic N) is 7. The number of alkyl halides is 4. The second-order valence-electron chi connectivity index (χ2n) is 19.8. The highest BCUT2D eigenvalue weighted by Crippen LogP contribution is 2.56. The molecule has 33 nitrogen and oxygen atoms in total. The van der Waals surface area contributed by atoms with Crippen molar-refractivity contribution < 1.29 is 135 Å². The lowest BCUT2D eigenvalue weighted by atomic mass is 9.90. The number of aromatic nitrogens is 7. The van der Waals surface area contributed by atoms with E-state index >= 15 is 13.2 Å². The van der Waals surface area contributed by atoms with Crippen molar-refractivity contribution in [1.82, 2.24) is 34.1 Å². The first-order valence-electron chi connectivity index (χ1n) is 25.8. The zero-order valence-electron chi connectivity index (χ0n) is 48.5. The first kappa shape index (κ1) is 70.4. The summed E-state index contributed by atoms with van der Waals surface area (Å²) in [5, 5.41) is 21.6. The summed E-state index contributed by atoms with van der Waals surface area (Å²) in [5.74, 6) is -3.05. The number of ether oxygens (including phenoxy) is 11. The third kappa shape index (κ3) is 17.9. The highest BCUT2D eigenvalue weighted by molar-refractivity contribution is 7.48. The van der Waals surface area contributed by atoms with E-state index in [1.54, 1.807) is 41.5 Å². The number of aliphatic hydroxyl groups is 2. The Kier molecular flexibility index (Phi) is 24.2. The van der Waals surface area contributed by atoms with Crippen LogP contribution in [0.5, 0.6) is 5.88 Å². The molecular weight excluding hydrogens is 1210 g/mol. The zero-order chi connectivity index (χ0) is 64.2. The standard InChI is InChI=1S/C24H35F2N4O13P.C23H33F2N4O12P/c1-8-35-18-16-17(28-15(6)29-18)30(10-27-16)20-23(7,25)19(31)24(26,43-20)9-38-44(34,39-11-36-21(32)41-13(2)3)40-12-37-22(33)42-14(4)5;1-13(2)39-20(31)34-11-37-42(33,38-12-35-21(32)40-14(3)4)36-9-23(8-24)18(30)22(5,25)19(41-23)29-10-28-16-15(26)6-7-27-17(16)29/h10,13-14,19-20,31H,8-9,11-12H2,1-7H3;6-7,10,13-14,18-19,30H,8-9,11-12H2,1-5H3,(H2,26,27)/t19-,20+,23+,24+;18-,19+,22+,23+/m00/s1. The number of carbonyl (C=O) groups excluding carboxylic acids is 4. The van der Waals surface area contributed by atoms with Gasteiger partial charge in [0.15, 0.2) is 52.3 Å². The summed E-state index contributed by atoms with van der Waals surface area (Å²) in [4.78, 5) is 67.2. The number of phosphoric ester groups is 2. The fourth-order valence-electron chi connectivity index (χ4n) is 7.57. The van der Waals surface area contributed by atoms with Crippen LogP contribution in [0.15, 0.2) is 24.9 Å². The molecule has 2 fully saturated rings. The van der Waals surface area contributed by atoms with Crippen LogP contribution in [0.4, 0.5) is 42.4 Å². The van der Waals surface area contributed by atoms with Crippen molar-refractivity contribution in [1.29, 1.82) is 0 Å². The number of pyridine rings is 1. The summed E-state index contributed by atoms with van der Waals surface area (Å²) >= 11 is 0. The first-order valence-corrected chi connectivity index (χ1v) is 28.7. The molecule has 4 N–H and O–H groups in total. The van der Waals surface area contributed by atoms with Gasteiger partial charge in [-0.25, -0.2) is 83.9 Å². The molecule has 4 aromatic rings. The van der Waals surface area contributed by atoms with Gasteiger partial charge in [-0.3, -0.25) is 18.2 Å². The molecule has 86 heavy (non-hydrogen) atoms. The summed E-state index contributed by atoms with van der Waals surface area (Å²) in [6, 6.07) is 1.47. The molecule has 0 aromatic carbocycles. The van der Waals surface area contributed by atoms with Crippen LogP contribution in [0.2, 0.25) is 0 Å². The van der Waals surface area contributed by atoms with Gasteiger partial charge >= 0.3 is 40.3 Å². The molecule has 0 spiro atoms. The molecule has 484 valence electrons. The minimum absolute atomic E-state index is 0.0143. The third-order valence-electron chi connectivity index (χ3n) is 11.4. The van der Waals surface area contributed by atoms with Gasteiger partial charge in [-0.2, -0.15) is 4.98 Å².